The summed E-state index contributed by atoms with van der Waals surface area (Å²) in [7, 11) is 0. The highest BCUT2D eigenvalue weighted by Gasteiger charge is 2.23. The van der Waals surface area contributed by atoms with Gasteiger partial charge < -0.3 is 15.0 Å². The van der Waals surface area contributed by atoms with Gasteiger partial charge in [-0.1, -0.05) is 35.5 Å². The predicted octanol–water partition coefficient (Wildman–Crippen LogP) is 2.01. The summed E-state index contributed by atoms with van der Waals surface area (Å²) in [6.45, 7) is 1.49. The lowest BCUT2D eigenvalue weighted by atomic mass is 10.0. The van der Waals surface area contributed by atoms with Crippen molar-refractivity contribution in [1.29, 1.82) is 0 Å². The number of aromatic nitrogens is 2. The Kier molecular flexibility index (Phi) is 3.57. The molecular formula is C14H17N3O2. The first kappa shape index (κ1) is 12.3. The maximum Gasteiger partial charge on any atom is 0.248 e. The molecule has 1 aromatic carbocycles. The van der Waals surface area contributed by atoms with Crippen molar-refractivity contribution >= 4 is 0 Å². The summed E-state index contributed by atoms with van der Waals surface area (Å²) >= 11 is 0. The van der Waals surface area contributed by atoms with Gasteiger partial charge in [0.25, 0.3) is 0 Å². The number of nitrogens with zero attached hydrogens (tertiary/aromatic N) is 2. The van der Waals surface area contributed by atoms with Gasteiger partial charge in [-0.3, -0.25) is 0 Å². The van der Waals surface area contributed by atoms with Crippen LogP contribution in [0.1, 0.15) is 42.1 Å². The summed E-state index contributed by atoms with van der Waals surface area (Å²) in [5.74, 6) is 1.40. The fourth-order valence-electron chi connectivity index (χ4n) is 2.29. The van der Waals surface area contributed by atoms with Crippen LogP contribution >= 0.6 is 0 Å². The van der Waals surface area contributed by atoms with E-state index in [0.717, 1.165) is 25.0 Å². The molecule has 1 saturated heterocycles. The molecule has 1 fully saturated rings. The largest absolute Gasteiger partial charge is 0.381 e. The minimum atomic E-state index is -0.369. The Labute approximate surface area is 111 Å². The first-order chi connectivity index (χ1) is 9.34. The quantitative estimate of drug-likeness (QED) is 0.912. The van der Waals surface area contributed by atoms with E-state index in [2.05, 4.69) is 10.1 Å². The maximum absolute atomic E-state index is 6.13. The van der Waals surface area contributed by atoms with Gasteiger partial charge in [0.2, 0.25) is 5.89 Å². The number of rotatable bonds is 3. The van der Waals surface area contributed by atoms with Gasteiger partial charge in [0.15, 0.2) is 5.82 Å². The van der Waals surface area contributed by atoms with E-state index < -0.39 is 0 Å². The summed E-state index contributed by atoms with van der Waals surface area (Å²) in [5, 5.41) is 4.04. The molecule has 2 N–H and O–H groups in total. The van der Waals surface area contributed by atoms with Crippen molar-refractivity contribution in [3.63, 3.8) is 0 Å². The molecule has 0 spiro atoms. The third-order valence-electron chi connectivity index (χ3n) is 3.41. The predicted molar refractivity (Wildman–Crippen MR) is 69.6 cm³/mol. The average Bonchev–Trinajstić information content (AvgIpc) is 2.98. The van der Waals surface area contributed by atoms with Gasteiger partial charge in [0, 0.05) is 12.5 Å². The average molecular weight is 259 g/mol. The van der Waals surface area contributed by atoms with Crippen LogP contribution in [0.5, 0.6) is 0 Å². The second-order valence-corrected chi connectivity index (χ2v) is 4.79. The minimum absolute atomic E-state index is 0.231. The third kappa shape index (κ3) is 2.67. The molecule has 0 radical (unpaired) electrons. The zero-order chi connectivity index (χ0) is 13.1. The monoisotopic (exact) mass is 259 g/mol. The van der Waals surface area contributed by atoms with Gasteiger partial charge in [-0.25, -0.2) is 0 Å². The maximum atomic E-state index is 6.13. The lowest BCUT2D eigenvalue weighted by molar-refractivity contribution is 0.0773. The molecule has 1 aliphatic heterocycles. The van der Waals surface area contributed by atoms with Crippen molar-refractivity contribution in [3.05, 3.63) is 47.6 Å². The molecule has 100 valence electrons. The van der Waals surface area contributed by atoms with Gasteiger partial charge in [0.05, 0.1) is 6.61 Å². The second kappa shape index (κ2) is 5.50. The highest BCUT2D eigenvalue weighted by molar-refractivity contribution is 5.23. The van der Waals surface area contributed by atoms with Gasteiger partial charge in [-0.2, -0.15) is 4.98 Å². The van der Waals surface area contributed by atoms with Crippen molar-refractivity contribution in [1.82, 2.24) is 10.1 Å². The molecule has 1 aromatic heterocycles. The number of nitrogens with two attached hydrogens (primary N) is 1. The molecule has 0 aliphatic carbocycles. The Balaban J connectivity index is 1.77. The summed E-state index contributed by atoms with van der Waals surface area (Å²) in [4.78, 5) is 4.43. The molecule has 2 heterocycles. The van der Waals surface area contributed by atoms with E-state index in [4.69, 9.17) is 15.0 Å². The van der Waals surface area contributed by atoms with Crippen molar-refractivity contribution < 1.29 is 9.26 Å². The number of hydrogen-bond acceptors (Lipinski definition) is 5. The lowest BCUT2D eigenvalue weighted by Crippen LogP contribution is -2.17. The standard InChI is InChI=1S/C14H17N3O2/c15-12(10-5-2-1-3-6-10)14-16-13(17-19-14)11-7-4-8-18-9-11/h1-3,5-6,11-12H,4,7-9,15H2/t11?,12-/m1/s1. The molecule has 3 rings (SSSR count). The molecule has 1 unspecified atom stereocenters. The first-order valence-corrected chi connectivity index (χ1v) is 6.56. The van der Waals surface area contributed by atoms with Crippen molar-refractivity contribution in [2.45, 2.75) is 24.8 Å². The van der Waals surface area contributed by atoms with E-state index in [-0.39, 0.29) is 12.0 Å². The molecule has 5 nitrogen and oxygen atoms in total. The Bertz CT molecular complexity index is 520. The van der Waals surface area contributed by atoms with Crippen LogP contribution in [-0.4, -0.2) is 23.4 Å². The lowest BCUT2D eigenvalue weighted by Gasteiger charge is -2.18. The molecule has 0 bridgehead atoms. The molecule has 1 aliphatic rings. The second-order valence-electron chi connectivity index (χ2n) is 4.79. The van der Waals surface area contributed by atoms with Gasteiger partial charge in [-0.15, -0.1) is 0 Å². The Morgan fingerprint density at radius 2 is 2.11 bits per heavy atom. The fraction of sp³-hybridized carbons (Fsp3) is 0.429. The number of ether oxygens (including phenoxy) is 1. The van der Waals surface area contributed by atoms with E-state index in [1.807, 2.05) is 30.3 Å². The van der Waals surface area contributed by atoms with Crippen LogP contribution in [-0.2, 0) is 4.74 Å². The van der Waals surface area contributed by atoms with Crippen molar-refractivity contribution in [3.8, 4) is 0 Å². The van der Waals surface area contributed by atoms with Crippen LogP contribution in [0, 0.1) is 0 Å². The van der Waals surface area contributed by atoms with Gasteiger partial charge >= 0.3 is 0 Å². The van der Waals surface area contributed by atoms with Crippen LogP contribution in [0.25, 0.3) is 0 Å². The van der Waals surface area contributed by atoms with E-state index >= 15 is 0 Å². The Hall–Kier alpha value is -1.72. The molecule has 5 heteroatoms. The number of hydrogen-bond donors (Lipinski definition) is 1. The topological polar surface area (TPSA) is 74.2 Å². The molecule has 19 heavy (non-hydrogen) atoms. The van der Waals surface area contributed by atoms with E-state index in [1.165, 1.54) is 0 Å². The van der Waals surface area contributed by atoms with Crippen molar-refractivity contribution in [2.75, 3.05) is 13.2 Å². The summed E-state index contributed by atoms with van der Waals surface area (Å²) in [6.07, 6.45) is 2.08. The Morgan fingerprint density at radius 3 is 2.84 bits per heavy atom. The summed E-state index contributed by atoms with van der Waals surface area (Å²) < 4.78 is 10.7. The van der Waals surface area contributed by atoms with Crippen LogP contribution < -0.4 is 5.73 Å². The molecular weight excluding hydrogens is 242 g/mol. The first-order valence-electron chi connectivity index (χ1n) is 6.56. The zero-order valence-corrected chi connectivity index (χ0v) is 10.7. The third-order valence-corrected chi connectivity index (χ3v) is 3.41. The van der Waals surface area contributed by atoms with Crippen LogP contribution in [0.2, 0.25) is 0 Å². The SMILES string of the molecule is N[C@H](c1ccccc1)c1nc(C2CCCOC2)no1. The van der Waals surface area contributed by atoms with E-state index in [0.29, 0.717) is 18.3 Å². The summed E-state index contributed by atoms with van der Waals surface area (Å²) in [5.41, 5.74) is 7.10. The zero-order valence-electron chi connectivity index (χ0n) is 10.7. The molecule has 2 aromatic rings. The van der Waals surface area contributed by atoms with E-state index in [9.17, 15) is 0 Å². The molecule has 0 amide bonds. The van der Waals surface area contributed by atoms with E-state index in [1.54, 1.807) is 0 Å². The van der Waals surface area contributed by atoms with Crippen LogP contribution in [0.15, 0.2) is 34.9 Å². The highest BCUT2D eigenvalue weighted by atomic mass is 16.5. The van der Waals surface area contributed by atoms with Gasteiger partial charge in [-0.05, 0) is 18.4 Å². The molecule has 2 atom stereocenters. The minimum Gasteiger partial charge on any atom is -0.381 e. The number of benzene rings is 1. The van der Waals surface area contributed by atoms with Crippen LogP contribution in [0.4, 0.5) is 0 Å². The van der Waals surface area contributed by atoms with Crippen molar-refractivity contribution in [2.24, 2.45) is 5.73 Å². The summed E-state index contributed by atoms with van der Waals surface area (Å²) in [6, 6.07) is 9.39. The molecule has 0 saturated carbocycles. The normalized spacial score (nSPS) is 21.2. The Morgan fingerprint density at radius 1 is 1.26 bits per heavy atom. The fourth-order valence-corrected chi connectivity index (χ4v) is 2.29. The highest BCUT2D eigenvalue weighted by Crippen LogP contribution is 2.25. The van der Waals surface area contributed by atoms with Gasteiger partial charge in [0.1, 0.15) is 6.04 Å². The smallest absolute Gasteiger partial charge is 0.248 e. The van der Waals surface area contributed by atoms with Crippen LogP contribution in [0.3, 0.4) is 0 Å².